The predicted molar refractivity (Wildman–Crippen MR) is 101 cm³/mol. The lowest BCUT2D eigenvalue weighted by Crippen LogP contribution is -2.30. The van der Waals surface area contributed by atoms with Crippen LogP contribution in [-0.4, -0.2) is 26.5 Å². The maximum absolute atomic E-state index is 5.94. The number of methoxy groups -OCH3 is 2. The fraction of sp³-hybridized carbons (Fsp3) is 0.368. The van der Waals surface area contributed by atoms with Gasteiger partial charge in [0, 0.05) is 16.0 Å². The van der Waals surface area contributed by atoms with E-state index in [0.717, 1.165) is 41.7 Å². The molecule has 1 unspecified atom stereocenters. The van der Waals surface area contributed by atoms with Crippen molar-refractivity contribution in [2.75, 3.05) is 26.5 Å². The summed E-state index contributed by atoms with van der Waals surface area (Å²) in [6.45, 7) is 0.999. The Kier molecular flexibility index (Phi) is 5.93. The molecule has 24 heavy (non-hydrogen) atoms. The largest absolute Gasteiger partial charge is 0.493 e. The zero-order valence-corrected chi connectivity index (χ0v) is 15.5. The highest BCUT2D eigenvalue weighted by Crippen LogP contribution is 2.36. The van der Waals surface area contributed by atoms with Gasteiger partial charge in [0.2, 0.25) is 0 Å². The Labute approximate surface area is 152 Å². The molecule has 2 aromatic carbocycles. The van der Waals surface area contributed by atoms with Gasteiger partial charge in [0.05, 0.1) is 14.2 Å². The maximum atomic E-state index is 5.94. The number of benzene rings is 2. The first-order valence-corrected chi connectivity index (χ1v) is 9.44. The normalized spacial score (nSPS) is 16.5. The van der Waals surface area contributed by atoms with Crippen LogP contribution < -0.4 is 14.8 Å². The zero-order chi connectivity index (χ0) is 16.9. The second-order valence-electron chi connectivity index (χ2n) is 5.75. The van der Waals surface area contributed by atoms with E-state index in [1.54, 1.807) is 14.2 Å². The molecule has 0 saturated heterocycles. The van der Waals surface area contributed by atoms with Gasteiger partial charge in [0.1, 0.15) is 0 Å². The van der Waals surface area contributed by atoms with E-state index in [9.17, 15) is 0 Å². The minimum atomic E-state index is 0.355. The first-order chi connectivity index (χ1) is 11.7. The number of hydrogen-bond donors (Lipinski definition) is 1. The Bertz CT molecular complexity index is 691. The molecule has 1 N–H and O–H groups in total. The van der Waals surface area contributed by atoms with Gasteiger partial charge in [-0.25, -0.2) is 0 Å². The highest BCUT2D eigenvalue weighted by atomic mass is 35.5. The van der Waals surface area contributed by atoms with Crippen LogP contribution in [0, 0.1) is 0 Å². The van der Waals surface area contributed by atoms with Crippen molar-refractivity contribution in [3.05, 3.63) is 52.5 Å². The third kappa shape index (κ3) is 4.00. The van der Waals surface area contributed by atoms with Crippen LogP contribution in [0.15, 0.2) is 41.3 Å². The van der Waals surface area contributed by atoms with Crippen LogP contribution in [0.25, 0.3) is 0 Å². The summed E-state index contributed by atoms with van der Waals surface area (Å²) in [6.07, 6.45) is 2.09. The van der Waals surface area contributed by atoms with Gasteiger partial charge in [-0.05, 0) is 72.7 Å². The van der Waals surface area contributed by atoms with E-state index >= 15 is 0 Å². The summed E-state index contributed by atoms with van der Waals surface area (Å²) >= 11 is 7.80. The smallest absolute Gasteiger partial charge is 0.161 e. The molecule has 0 amide bonds. The molecule has 3 nitrogen and oxygen atoms in total. The van der Waals surface area contributed by atoms with Gasteiger partial charge in [0.25, 0.3) is 0 Å². The molecule has 1 atom stereocenters. The third-order valence-electron chi connectivity index (χ3n) is 4.29. The molecule has 0 spiro atoms. The van der Waals surface area contributed by atoms with Crippen LogP contribution in [0.3, 0.4) is 0 Å². The number of rotatable bonds is 6. The molecule has 2 aromatic rings. The molecule has 3 rings (SSSR count). The van der Waals surface area contributed by atoms with E-state index in [-0.39, 0.29) is 0 Å². The van der Waals surface area contributed by atoms with E-state index in [4.69, 9.17) is 21.1 Å². The van der Waals surface area contributed by atoms with Crippen LogP contribution in [0.1, 0.15) is 23.6 Å². The van der Waals surface area contributed by atoms with Gasteiger partial charge in [-0.1, -0.05) is 11.6 Å². The molecule has 0 fully saturated rings. The van der Waals surface area contributed by atoms with Gasteiger partial charge in [-0.2, -0.15) is 0 Å². The van der Waals surface area contributed by atoms with Crippen molar-refractivity contribution >= 4 is 23.4 Å². The monoisotopic (exact) mass is 363 g/mol. The average molecular weight is 364 g/mol. The standard InChI is InChI=1S/C19H22ClNO2S/c1-22-18-11-13-7-9-21-17(16(13)12-19(18)23-2)8-10-24-15-5-3-14(20)4-6-15/h3-6,11-12,17,21H,7-10H2,1-2H3. The lowest BCUT2D eigenvalue weighted by molar-refractivity contribution is 0.352. The van der Waals surface area contributed by atoms with Gasteiger partial charge >= 0.3 is 0 Å². The third-order valence-corrected chi connectivity index (χ3v) is 5.59. The molecule has 0 aliphatic carbocycles. The SMILES string of the molecule is COc1cc2c(cc1OC)C(CCSc1ccc(Cl)cc1)NCC2. The second-order valence-corrected chi connectivity index (χ2v) is 7.36. The highest BCUT2D eigenvalue weighted by Gasteiger charge is 2.22. The summed E-state index contributed by atoms with van der Waals surface area (Å²) in [5, 5.41) is 4.41. The molecule has 0 aromatic heterocycles. The molecule has 1 heterocycles. The number of hydrogen-bond acceptors (Lipinski definition) is 4. The number of halogens is 1. The Balaban J connectivity index is 1.68. The van der Waals surface area contributed by atoms with Crippen molar-refractivity contribution in [3.8, 4) is 11.5 Å². The van der Waals surface area contributed by atoms with Crippen LogP contribution in [-0.2, 0) is 6.42 Å². The summed E-state index contributed by atoms with van der Waals surface area (Å²) < 4.78 is 10.9. The van der Waals surface area contributed by atoms with E-state index in [1.165, 1.54) is 16.0 Å². The Hall–Kier alpha value is -1.36. The minimum absolute atomic E-state index is 0.355. The molecule has 0 saturated carbocycles. The quantitative estimate of drug-likeness (QED) is 0.752. The van der Waals surface area contributed by atoms with Crippen molar-refractivity contribution in [1.82, 2.24) is 5.32 Å². The van der Waals surface area contributed by atoms with Gasteiger partial charge in [0.15, 0.2) is 11.5 Å². The number of thioether (sulfide) groups is 1. The topological polar surface area (TPSA) is 30.5 Å². The summed E-state index contributed by atoms with van der Waals surface area (Å²) in [4.78, 5) is 1.25. The molecule has 5 heteroatoms. The van der Waals surface area contributed by atoms with Crippen molar-refractivity contribution < 1.29 is 9.47 Å². The zero-order valence-electron chi connectivity index (χ0n) is 14.0. The van der Waals surface area contributed by atoms with E-state index in [2.05, 4.69) is 29.6 Å². The summed E-state index contributed by atoms with van der Waals surface area (Å²) in [6, 6.07) is 12.6. The van der Waals surface area contributed by atoms with E-state index in [1.807, 2.05) is 23.9 Å². The fourth-order valence-electron chi connectivity index (χ4n) is 3.05. The molecular formula is C19H22ClNO2S. The number of ether oxygens (including phenoxy) is 2. The molecule has 1 aliphatic heterocycles. The molecule has 128 valence electrons. The van der Waals surface area contributed by atoms with E-state index < -0.39 is 0 Å². The van der Waals surface area contributed by atoms with Crippen molar-refractivity contribution in [1.29, 1.82) is 0 Å². The lowest BCUT2D eigenvalue weighted by atomic mass is 9.92. The van der Waals surface area contributed by atoms with Crippen LogP contribution in [0.5, 0.6) is 11.5 Å². The number of nitrogens with one attached hydrogen (secondary N) is 1. The maximum Gasteiger partial charge on any atom is 0.161 e. The average Bonchev–Trinajstić information content (AvgIpc) is 2.62. The molecule has 0 bridgehead atoms. The Morgan fingerprint density at radius 2 is 1.83 bits per heavy atom. The summed E-state index contributed by atoms with van der Waals surface area (Å²) in [7, 11) is 3.37. The van der Waals surface area contributed by atoms with Crippen molar-refractivity contribution in [2.24, 2.45) is 0 Å². The second kappa shape index (κ2) is 8.15. The van der Waals surface area contributed by atoms with Gasteiger partial charge in [-0.15, -0.1) is 11.8 Å². The predicted octanol–water partition coefficient (Wildman–Crippen LogP) is 4.73. The van der Waals surface area contributed by atoms with E-state index in [0.29, 0.717) is 6.04 Å². The van der Waals surface area contributed by atoms with Crippen LogP contribution in [0.2, 0.25) is 5.02 Å². The number of fused-ring (bicyclic) bond motifs is 1. The molecule has 1 aliphatic rings. The Morgan fingerprint density at radius 3 is 2.54 bits per heavy atom. The summed E-state index contributed by atoms with van der Waals surface area (Å²) in [5.41, 5.74) is 2.68. The lowest BCUT2D eigenvalue weighted by Gasteiger charge is -2.28. The van der Waals surface area contributed by atoms with Gasteiger partial charge in [-0.3, -0.25) is 0 Å². The first-order valence-electron chi connectivity index (χ1n) is 8.08. The molecular weight excluding hydrogens is 342 g/mol. The summed E-state index contributed by atoms with van der Waals surface area (Å²) in [5.74, 6) is 2.66. The first kappa shape index (κ1) is 17.5. The Morgan fingerprint density at radius 1 is 1.12 bits per heavy atom. The van der Waals surface area contributed by atoms with Gasteiger partial charge < -0.3 is 14.8 Å². The van der Waals surface area contributed by atoms with Crippen molar-refractivity contribution in [3.63, 3.8) is 0 Å². The van der Waals surface area contributed by atoms with Crippen LogP contribution in [0.4, 0.5) is 0 Å². The van der Waals surface area contributed by atoms with Crippen LogP contribution >= 0.6 is 23.4 Å². The minimum Gasteiger partial charge on any atom is -0.493 e. The van der Waals surface area contributed by atoms with Crippen molar-refractivity contribution in [2.45, 2.75) is 23.8 Å². The fourth-order valence-corrected chi connectivity index (χ4v) is 4.10. The molecule has 0 radical (unpaired) electrons. The highest BCUT2D eigenvalue weighted by molar-refractivity contribution is 7.99.